The van der Waals surface area contributed by atoms with Crippen LogP contribution in [0.15, 0.2) is 36.4 Å². The molecule has 0 radical (unpaired) electrons. The van der Waals surface area contributed by atoms with Gasteiger partial charge in [0.15, 0.2) is 5.54 Å². The van der Waals surface area contributed by atoms with Gasteiger partial charge in [-0.25, -0.2) is 4.58 Å². The Morgan fingerprint density at radius 1 is 1.06 bits per heavy atom. The largest absolute Gasteiger partial charge is 0.550 e. The second-order valence-corrected chi connectivity index (χ2v) is 10.5. The second kappa shape index (κ2) is 7.61. The van der Waals surface area contributed by atoms with Crippen LogP contribution in [0.2, 0.25) is 0 Å². The first-order valence-electron chi connectivity index (χ1n) is 11.4. The van der Waals surface area contributed by atoms with E-state index in [9.17, 15) is 9.90 Å². The summed E-state index contributed by atoms with van der Waals surface area (Å²) < 4.78 is 2.36. The Kier molecular flexibility index (Phi) is 5.31. The molecule has 1 heterocycles. The summed E-state index contributed by atoms with van der Waals surface area (Å²) >= 11 is 0. The molecule has 4 rings (SSSR count). The maximum atomic E-state index is 11.0. The Morgan fingerprint density at radius 2 is 1.78 bits per heavy atom. The maximum Gasteiger partial charge on any atom is 0.208 e. The average molecular weight is 431 g/mol. The van der Waals surface area contributed by atoms with Crippen LogP contribution in [0.1, 0.15) is 69.7 Å². The summed E-state index contributed by atoms with van der Waals surface area (Å²) in [5, 5.41) is 13.5. The molecular formula is C28H34N2O2. The SMILES string of the molecule is CC1=CC(C)(C)[N+](CCCC(=O)[O-])=c2cc3c(cc21)=Cc1ccc(N(C)C)cc1C3(C)C. The van der Waals surface area contributed by atoms with Crippen molar-refractivity contribution in [2.75, 3.05) is 25.5 Å². The summed E-state index contributed by atoms with van der Waals surface area (Å²) in [5.41, 5.74) is 7.30. The van der Waals surface area contributed by atoms with Gasteiger partial charge in [0.05, 0.1) is 0 Å². The minimum absolute atomic E-state index is 0.0789. The van der Waals surface area contributed by atoms with Gasteiger partial charge < -0.3 is 14.8 Å². The number of carboxylic acids is 1. The van der Waals surface area contributed by atoms with Gasteiger partial charge >= 0.3 is 0 Å². The molecule has 2 aromatic carbocycles. The van der Waals surface area contributed by atoms with Crippen LogP contribution in [-0.4, -0.2) is 32.1 Å². The topological polar surface area (TPSA) is 46.4 Å². The molecule has 2 aliphatic rings. The maximum absolute atomic E-state index is 11.0. The van der Waals surface area contributed by atoms with Gasteiger partial charge in [0, 0.05) is 63.1 Å². The van der Waals surface area contributed by atoms with Crippen LogP contribution in [0.25, 0.3) is 11.6 Å². The predicted octanol–water partition coefficient (Wildman–Crippen LogP) is 2.44. The third-order valence-electron chi connectivity index (χ3n) is 7.12. The smallest absolute Gasteiger partial charge is 0.208 e. The molecule has 4 nitrogen and oxygen atoms in total. The van der Waals surface area contributed by atoms with E-state index in [1.807, 2.05) is 0 Å². The fourth-order valence-electron chi connectivity index (χ4n) is 5.39. The van der Waals surface area contributed by atoms with Gasteiger partial charge in [-0.1, -0.05) is 19.9 Å². The zero-order valence-electron chi connectivity index (χ0n) is 20.4. The molecule has 1 aliphatic heterocycles. The molecule has 0 aromatic heterocycles. The number of rotatable bonds is 5. The van der Waals surface area contributed by atoms with Crippen LogP contribution in [0.3, 0.4) is 0 Å². The van der Waals surface area contributed by atoms with Crippen LogP contribution < -0.4 is 25.2 Å². The van der Waals surface area contributed by atoms with Gasteiger partial charge in [-0.15, -0.1) is 0 Å². The van der Waals surface area contributed by atoms with E-state index in [2.05, 4.69) is 101 Å². The number of carbonyl (C=O) groups is 1. The van der Waals surface area contributed by atoms with Crippen molar-refractivity contribution in [1.82, 2.24) is 4.58 Å². The lowest BCUT2D eigenvalue weighted by Crippen LogP contribution is -2.51. The zero-order chi connectivity index (χ0) is 23.4. The van der Waals surface area contributed by atoms with Gasteiger partial charge in [0.25, 0.3) is 0 Å². The number of aliphatic carboxylic acids is 1. The highest BCUT2D eigenvalue weighted by atomic mass is 16.4. The summed E-state index contributed by atoms with van der Waals surface area (Å²) in [6.45, 7) is 11.9. The fraction of sp³-hybridized carbons (Fsp3) is 0.429. The molecule has 0 atom stereocenters. The highest BCUT2D eigenvalue weighted by molar-refractivity contribution is 5.72. The van der Waals surface area contributed by atoms with Crippen molar-refractivity contribution in [3.8, 4) is 0 Å². The standard InChI is InChI=1S/C28H34N2O2/c1-18-17-27(2,3)30(12-8-9-26(31)32)25-16-24-20(14-22(18)25)13-19-10-11-21(29(6)7)15-23(19)28(24,4)5/h10-11,13-17H,8-9,12H2,1-7H3. The van der Waals surface area contributed by atoms with Gasteiger partial charge in [-0.3, -0.25) is 0 Å². The van der Waals surface area contributed by atoms with Crippen molar-refractivity contribution in [2.45, 2.75) is 58.4 Å². The lowest BCUT2D eigenvalue weighted by atomic mass is 9.71. The number of nitrogens with zero attached hydrogens (tertiary/aromatic N) is 2. The third kappa shape index (κ3) is 3.66. The van der Waals surface area contributed by atoms with E-state index in [1.165, 1.54) is 44.1 Å². The van der Waals surface area contributed by atoms with E-state index in [4.69, 9.17) is 0 Å². The molecular weight excluding hydrogens is 396 g/mol. The van der Waals surface area contributed by atoms with Crippen molar-refractivity contribution in [2.24, 2.45) is 0 Å². The molecule has 0 fully saturated rings. The molecule has 0 saturated carbocycles. The van der Waals surface area contributed by atoms with Gasteiger partial charge in [-0.2, -0.15) is 0 Å². The first-order valence-corrected chi connectivity index (χ1v) is 11.4. The summed E-state index contributed by atoms with van der Waals surface area (Å²) in [6, 6.07) is 11.4. The number of allylic oxidation sites excluding steroid dienone is 1. The zero-order valence-corrected chi connectivity index (χ0v) is 20.4. The minimum Gasteiger partial charge on any atom is -0.550 e. The monoisotopic (exact) mass is 430 g/mol. The molecule has 0 unspecified atom stereocenters. The number of carboxylic acid groups (broad SMARTS) is 1. The molecule has 32 heavy (non-hydrogen) atoms. The lowest BCUT2D eigenvalue weighted by Gasteiger charge is -2.33. The Labute approximate surface area is 191 Å². The number of hydrogen-bond donors (Lipinski definition) is 0. The first kappa shape index (κ1) is 22.3. The molecule has 0 saturated heterocycles. The van der Waals surface area contributed by atoms with Crippen LogP contribution >= 0.6 is 0 Å². The molecule has 168 valence electrons. The number of carbonyl (C=O) groups excluding carboxylic acids is 1. The Bertz CT molecular complexity index is 1260. The van der Waals surface area contributed by atoms with Crippen LogP contribution in [-0.2, 0) is 10.2 Å². The van der Waals surface area contributed by atoms with Crippen molar-refractivity contribution in [3.05, 3.63) is 69.2 Å². The van der Waals surface area contributed by atoms with E-state index < -0.39 is 5.97 Å². The van der Waals surface area contributed by atoms with Crippen LogP contribution in [0.5, 0.6) is 0 Å². The number of anilines is 1. The molecule has 4 heteroatoms. The summed E-state index contributed by atoms with van der Waals surface area (Å²) in [7, 11) is 4.15. The van der Waals surface area contributed by atoms with Crippen molar-refractivity contribution < 1.29 is 9.90 Å². The lowest BCUT2D eigenvalue weighted by molar-refractivity contribution is -0.305. The number of benzene rings is 2. The molecule has 0 N–H and O–H groups in total. The average Bonchev–Trinajstić information content (AvgIpc) is 2.69. The Balaban J connectivity index is 1.97. The van der Waals surface area contributed by atoms with Gasteiger partial charge in [-0.05, 0) is 71.2 Å². The number of fused-ring (bicyclic) bond motifs is 3. The second-order valence-electron chi connectivity index (χ2n) is 10.5. The first-order chi connectivity index (χ1) is 14.9. The van der Waals surface area contributed by atoms with Crippen molar-refractivity contribution >= 4 is 23.3 Å². The van der Waals surface area contributed by atoms with E-state index in [0.717, 1.165) is 0 Å². The molecule has 2 aromatic rings. The summed E-state index contributed by atoms with van der Waals surface area (Å²) in [4.78, 5) is 13.2. The van der Waals surface area contributed by atoms with E-state index >= 15 is 0 Å². The Hall–Kier alpha value is -2.88. The Morgan fingerprint density at radius 3 is 2.44 bits per heavy atom. The highest BCUT2D eigenvalue weighted by Crippen LogP contribution is 2.37. The van der Waals surface area contributed by atoms with Crippen molar-refractivity contribution in [1.29, 1.82) is 0 Å². The van der Waals surface area contributed by atoms with Crippen LogP contribution in [0.4, 0.5) is 5.69 Å². The van der Waals surface area contributed by atoms with E-state index in [-0.39, 0.29) is 17.4 Å². The molecule has 0 amide bonds. The molecule has 1 aliphatic carbocycles. The molecule has 0 spiro atoms. The fourth-order valence-corrected chi connectivity index (χ4v) is 5.39. The van der Waals surface area contributed by atoms with E-state index in [0.29, 0.717) is 13.0 Å². The molecule has 0 bridgehead atoms. The summed E-state index contributed by atoms with van der Waals surface area (Å²) in [5.74, 6) is -0.985. The highest BCUT2D eigenvalue weighted by Gasteiger charge is 2.36. The summed E-state index contributed by atoms with van der Waals surface area (Å²) in [6.07, 6.45) is 5.25. The quantitative estimate of drug-likeness (QED) is 0.685. The number of hydrogen-bond acceptors (Lipinski definition) is 3. The van der Waals surface area contributed by atoms with Crippen LogP contribution in [0, 0.1) is 0 Å². The van der Waals surface area contributed by atoms with Gasteiger partial charge in [0.1, 0.15) is 6.54 Å². The van der Waals surface area contributed by atoms with Gasteiger partial charge in [0.2, 0.25) is 5.36 Å². The van der Waals surface area contributed by atoms with E-state index in [1.54, 1.807) is 0 Å². The minimum atomic E-state index is -0.985. The van der Waals surface area contributed by atoms with Crippen molar-refractivity contribution in [3.63, 3.8) is 0 Å². The predicted molar refractivity (Wildman–Crippen MR) is 130 cm³/mol. The normalized spacial score (nSPS) is 17.5. The third-order valence-corrected chi connectivity index (χ3v) is 7.12.